The van der Waals surface area contributed by atoms with E-state index < -0.39 is 5.97 Å². The van der Waals surface area contributed by atoms with E-state index in [9.17, 15) is 9.59 Å². The Labute approximate surface area is 99.7 Å². The van der Waals surface area contributed by atoms with Gasteiger partial charge in [0.2, 0.25) is 0 Å². The average Bonchev–Trinajstić information content (AvgIpc) is 2.68. The maximum absolute atomic E-state index is 11.4. The van der Waals surface area contributed by atoms with Crippen molar-refractivity contribution in [3.63, 3.8) is 0 Å². The number of hydrogen-bond donors (Lipinski definition) is 1. The first kappa shape index (κ1) is 10.9. The highest BCUT2D eigenvalue weighted by Crippen LogP contribution is 2.28. The maximum atomic E-state index is 11.4. The third-order valence-corrected chi connectivity index (χ3v) is 2.98. The van der Waals surface area contributed by atoms with E-state index in [2.05, 4.69) is 25.7 Å². The number of aldehydes is 1. The lowest BCUT2D eigenvalue weighted by Crippen LogP contribution is -2.04. The largest absolute Gasteiger partial charge is 0.464 e. The Bertz CT molecular complexity index is 574. The van der Waals surface area contributed by atoms with Crippen LogP contribution >= 0.6 is 15.9 Å². The molecule has 0 fully saturated rings. The molecule has 0 radical (unpaired) electrons. The third-order valence-electron chi connectivity index (χ3n) is 2.32. The average molecular weight is 282 g/mol. The molecule has 0 unspecified atom stereocenters. The number of methoxy groups -OCH3 is 1. The van der Waals surface area contributed by atoms with Gasteiger partial charge in [-0.15, -0.1) is 0 Å². The molecule has 2 aromatic rings. The summed E-state index contributed by atoms with van der Waals surface area (Å²) >= 11 is 3.34. The van der Waals surface area contributed by atoms with Crippen LogP contribution in [-0.4, -0.2) is 24.3 Å². The number of ether oxygens (including phenoxy) is 1. The smallest absolute Gasteiger partial charge is 0.355 e. The minimum Gasteiger partial charge on any atom is -0.464 e. The normalized spacial score (nSPS) is 10.4. The van der Waals surface area contributed by atoms with Crippen molar-refractivity contribution in [1.82, 2.24) is 4.98 Å². The Hall–Kier alpha value is -1.62. The number of halogens is 1. The van der Waals surface area contributed by atoms with E-state index in [1.807, 2.05) is 12.1 Å². The molecule has 0 amide bonds. The van der Waals surface area contributed by atoms with E-state index in [0.29, 0.717) is 17.2 Å². The molecule has 0 aliphatic rings. The van der Waals surface area contributed by atoms with E-state index in [-0.39, 0.29) is 5.69 Å². The van der Waals surface area contributed by atoms with Gasteiger partial charge in [0, 0.05) is 15.4 Å². The van der Waals surface area contributed by atoms with Crippen LogP contribution in [0.2, 0.25) is 0 Å². The number of fused-ring (bicyclic) bond motifs is 1. The van der Waals surface area contributed by atoms with Crippen molar-refractivity contribution >= 4 is 39.1 Å². The van der Waals surface area contributed by atoms with Gasteiger partial charge in [0.25, 0.3) is 0 Å². The molecule has 1 N–H and O–H groups in total. The van der Waals surface area contributed by atoms with Gasteiger partial charge < -0.3 is 9.72 Å². The van der Waals surface area contributed by atoms with E-state index in [1.54, 1.807) is 6.07 Å². The minimum absolute atomic E-state index is 0.180. The second-order valence-electron chi connectivity index (χ2n) is 3.19. The number of rotatable bonds is 2. The van der Waals surface area contributed by atoms with E-state index in [1.165, 1.54) is 7.11 Å². The summed E-state index contributed by atoms with van der Waals surface area (Å²) in [5, 5.41) is 0.693. The number of hydrogen-bond acceptors (Lipinski definition) is 3. The third kappa shape index (κ3) is 1.53. The van der Waals surface area contributed by atoms with Gasteiger partial charge in [-0.1, -0.05) is 22.0 Å². The minimum atomic E-state index is -0.551. The number of carbonyl (C=O) groups is 2. The van der Waals surface area contributed by atoms with Crippen molar-refractivity contribution in [2.24, 2.45) is 0 Å². The van der Waals surface area contributed by atoms with Crippen LogP contribution in [0.25, 0.3) is 10.9 Å². The van der Waals surface area contributed by atoms with E-state index >= 15 is 0 Å². The lowest BCUT2D eigenvalue weighted by Gasteiger charge is -1.96. The first-order chi connectivity index (χ1) is 7.69. The predicted molar refractivity (Wildman–Crippen MR) is 62.7 cm³/mol. The van der Waals surface area contributed by atoms with Gasteiger partial charge in [0.15, 0.2) is 6.29 Å². The van der Waals surface area contributed by atoms with Crippen LogP contribution < -0.4 is 0 Å². The first-order valence-corrected chi connectivity index (χ1v) is 5.32. The number of H-pyrrole nitrogens is 1. The molecule has 0 saturated carbocycles. The molecular weight excluding hydrogens is 274 g/mol. The van der Waals surface area contributed by atoms with Crippen molar-refractivity contribution in [1.29, 1.82) is 0 Å². The van der Waals surface area contributed by atoms with E-state index in [4.69, 9.17) is 0 Å². The number of benzene rings is 1. The molecular formula is C11H8BrNO3. The lowest BCUT2D eigenvalue weighted by molar-refractivity contribution is 0.0593. The molecule has 0 spiro atoms. The van der Waals surface area contributed by atoms with Crippen LogP contribution in [0, 0.1) is 0 Å². The second-order valence-corrected chi connectivity index (χ2v) is 4.04. The molecule has 0 aliphatic carbocycles. The van der Waals surface area contributed by atoms with Gasteiger partial charge in [0.05, 0.1) is 12.7 Å². The van der Waals surface area contributed by atoms with Crippen molar-refractivity contribution in [3.8, 4) is 0 Å². The standard InChI is InChI=1S/C11H8BrNO3/c1-16-11(15)10-6(5-14)9-7(12)3-2-4-8(9)13-10/h2-5,13H,1H3. The number of esters is 1. The molecule has 0 atom stereocenters. The highest BCUT2D eigenvalue weighted by atomic mass is 79.9. The van der Waals surface area contributed by atoms with Gasteiger partial charge in [-0.05, 0) is 12.1 Å². The quantitative estimate of drug-likeness (QED) is 0.680. The second kappa shape index (κ2) is 4.09. The highest BCUT2D eigenvalue weighted by Gasteiger charge is 2.18. The first-order valence-electron chi connectivity index (χ1n) is 4.52. The number of carbonyl (C=O) groups excluding carboxylic acids is 2. The summed E-state index contributed by atoms with van der Waals surface area (Å²) in [6, 6.07) is 5.42. The number of aromatic amines is 1. The fourth-order valence-corrected chi connectivity index (χ4v) is 2.19. The topological polar surface area (TPSA) is 59.2 Å². The lowest BCUT2D eigenvalue weighted by atomic mass is 10.1. The Balaban J connectivity index is 2.82. The van der Waals surface area contributed by atoms with Crippen LogP contribution in [-0.2, 0) is 4.74 Å². The molecule has 0 aliphatic heterocycles. The molecule has 4 nitrogen and oxygen atoms in total. The zero-order valence-corrected chi connectivity index (χ0v) is 10.00. The maximum Gasteiger partial charge on any atom is 0.355 e. The molecule has 1 aromatic carbocycles. The molecule has 5 heteroatoms. The van der Waals surface area contributed by atoms with Gasteiger partial charge in [-0.2, -0.15) is 0 Å². The molecule has 82 valence electrons. The van der Waals surface area contributed by atoms with Crippen molar-refractivity contribution in [2.45, 2.75) is 0 Å². The summed E-state index contributed by atoms with van der Waals surface area (Å²) < 4.78 is 5.37. The van der Waals surface area contributed by atoms with Crippen molar-refractivity contribution in [2.75, 3.05) is 7.11 Å². The summed E-state index contributed by atoms with van der Waals surface area (Å²) in [4.78, 5) is 25.3. The molecule has 1 heterocycles. The molecule has 0 saturated heterocycles. The highest BCUT2D eigenvalue weighted by molar-refractivity contribution is 9.10. The molecule has 1 aromatic heterocycles. The van der Waals surface area contributed by atoms with Crippen LogP contribution in [0.1, 0.15) is 20.8 Å². The Kier molecular flexibility index (Phi) is 2.78. The SMILES string of the molecule is COC(=O)c1[nH]c2cccc(Br)c2c1C=O. The fourth-order valence-electron chi connectivity index (χ4n) is 1.61. The predicted octanol–water partition coefficient (Wildman–Crippen LogP) is 2.53. The zero-order valence-electron chi connectivity index (χ0n) is 8.41. The van der Waals surface area contributed by atoms with Crippen molar-refractivity contribution in [3.05, 3.63) is 33.9 Å². The van der Waals surface area contributed by atoms with Crippen LogP contribution in [0.3, 0.4) is 0 Å². The monoisotopic (exact) mass is 281 g/mol. The van der Waals surface area contributed by atoms with Gasteiger partial charge in [-0.25, -0.2) is 4.79 Å². The summed E-state index contributed by atoms with van der Waals surface area (Å²) in [6.07, 6.45) is 0.649. The summed E-state index contributed by atoms with van der Waals surface area (Å²) in [5.74, 6) is -0.551. The molecule has 0 bridgehead atoms. The number of aromatic nitrogens is 1. The van der Waals surface area contributed by atoms with Gasteiger partial charge >= 0.3 is 5.97 Å². The Morgan fingerprint density at radius 3 is 2.88 bits per heavy atom. The fraction of sp³-hybridized carbons (Fsp3) is 0.0909. The van der Waals surface area contributed by atoms with Crippen LogP contribution in [0.15, 0.2) is 22.7 Å². The zero-order chi connectivity index (χ0) is 11.7. The van der Waals surface area contributed by atoms with Gasteiger partial charge in [0.1, 0.15) is 5.69 Å². The molecule has 16 heavy (non-hydrogen) atoms. The summed E-state index contributed by atoms with van der Waals surface area (Å²) in [6.45, 7) is 0. The summed E-state index contributed by atoms with van der Waals surface area (Å²) in [5.41, 5.74) is 1.21. The van der Waals surface area contributed by atoms with Gasteiger partial charge in [-0.3, -0.25) is 4.79 Å². The molecule has 2 rings (SSSR count). The van der Waals surface area contributed by atoms with Crippen LogP contribution in [0.5, 0.6) is 0 Å². The van der Waals surface area contributed by atoms with Crippen LogP contribution in [0.4, 0.5) is 0 Å². The van der Waals surface area contributed by atoms with Crippen molar-refractivity contribution < 1.29 is 14.3 Å². The number of nitrogens with one attached hydrogen (secondary N) is 1. The van der Waals surface area contributed by atoms with E-state index in [0.717, 1.165) is 9.99 Å². The Morgan fingerprint density at radius 1 is 1.50 bits per heavy atom. The summed E-state index contributed by atoms with van der Waals surface area (Å²) in [7, 11) is 1.28. The Morgan fingerprint density at radius 2 is 2.25 bits per heavy atom.